The first-order valence-electron chi connectivity index (χ1n) is 10.3. The van der Waals surface area contributed by atoms with Gasteiger partial charge in [0, 0.05) is 22.1 Å². The molecule has 0 N–H and O–H groups in total. The van der Waals surface area contributed by atoms with Crippen molar-refractivity contribution in [2.45, 2.75) is 24.6 Å². The van der Waals surface area contributed by atoms with Crippen LogP contribution in [0.5, 0.6) is 5.75 Å². The maximum absolute atomic E-state index is 12.9. The molecule has 1 aromatic heterocycles. The summed E-state index contributed by atoms with van der Waals surface area (Å²) < 4.78 is 25.8. The first-order chi connectivity index (χ1) is 15.6. The van der Waals surface area contributed by atoms with Gasteiger partial charge in [0.25, 0.3) is 0 Å². The van der Waals surface area contributed by atoms with E-state index < -0.39 is 11.2 Å². The van der Waals surface area contributed by atoms with Crippen molar-refractivity contribution in [3.8, 4) is 5.75 Å². The number of ether oxygens (including phenoxy) is 2. The third-order valence-electron chi connectivity index (χ3n) is 5.34. The number of carbonyl (C=O) groups excluding carboxylic acids is 1. The van der Waals surface area contributed by atoms with Gasteiger partial charge >= 0.3 is 5.97 Å². The van der Waals surface area contributed by atoms with E-state index in [0.717, 1.165) is 22.0 Å². The molecule has 0 aliphatic rings. The van der Waals surface area contributed by atoms with E-state index in [2.05, 4.69) is 0 Å². The maximum Gasteiger partial charge on any atom is 0.310 e. The van der Waals surface area contributed by atoms with Gasteiger partial charge in [0.1, 0.15) is 18.6 Å². The number of rotatable bonds is 8. The number of esters is 1. The molecule has 1 unspecified atom stereocenters. The topological polar surface area (TPSA) is 63.5 Å². The molecule has 0 amide bonds. The third-order valence-corrected chi connectivity index (χ3v) is 6.35. The van der Waals surface area contributed by atoms with Crippen molar-refractivity contribution >= 4 is 28.0 Å². The van der Waals surface area contributed by atoms with Gasteiger partial charge in [-0.25, -0.2) is 0 Å². The van der Waals surface area contributed by atoms with E-state index in [0.29, 0.717) is 22.9 Å². The molecule has 32 heavy (non-hydrogen) atoms. The van der Waals surface area contributed by atoms with Crippen LogP contribution >= 0.6 is 0 Å². The number of fused-ring (bicyclic) bond motifs is 1. The number of aromatic nitrogens is 1. The first kappa shape index (κ1) is 22.0. The van der Waals surface area contributed by atoms with Crippen LogP contribution in [0.4, 0.5) is 0 Å². The Hall–Kier alpha value is -3.22. The van der Waals surface area contributed by atoms with E-state index in [1.807, 2.05) is 83.4 Å². The Balaban J connectivity index is 1.72. The summed E-state index contributed by atoms with van der Waals surface area (Å²) in [5.41, 5.74) is 3.64. The average molecular weight is 448 g/mol. The summed E-state index contributed by atoms with van der Waals surface area (Å²) in [5, 5.41) is 1.48. The van der Waals surface area contributed by atoms with Gasteiger partial charge in [0.05, 0.1) is 25.6 Å². The van der Waals surface area contributed by atoms with Crippen LogP contribution in [0, 0.1) is 0 Å². The molecule has 0 spiro atoms. The largest absolute Gasteiger partial charge is 0.610 e. The number of hydrogen-bond acceptors (Lipinski definition) is 4. The Morgan fingerprint density at radius 2 is 1.62 bits per heavy atom. The van der Waals surface area contributed by atoms with Crippen LogP contribution in [-0.4, -0.2) is 28.5 Å². The van der Waals surface area contributed by atoms with Crippen molar-refractivity contribution < 1.29 is 18.8 Å². The SMILES string of the molecule is COc1ccc2c(c1)c(CC(=O)OCc1ccccc1)c([S+](C)[O-])n2Cc1ccccc1. The highest BCUT2D eigenvalue weighted by atomic mass is 32.2. The summed E-state index contributed by atoms with van der Waals surface area (Å²) in [6.45, 7) is 0.758. The Kier molecular flexibility index (Phi) is 6.83. The van der Waals surface area contributed by atoms with Crippen LogP contribution in [0.15, 0.2) is 83.9 Å². The van der Waals surface area contributed by atoms with Crippen molar-refractivity contribution in [2.24, 2.45) is 0 Å². The lowest BCUT2D eigenvalue weighted by Crippen LogP contribution is -2.14. The molecule has 0 bridgehead atoms. The summed E-state index contributed by atoms with van der Waals surface area (Å²) in [7, 11) is 1.61. The Bertz CT molecular complexity index is 1200. The third kappa shape index (κ3) is 4.82. The number of nitrogens with zero attached hydrogens (tertiary/aromatic N) is 1. The minimum atomic E-state index is -1.31. The fraction of sp³-hybridized carbons (Fsp3) is 0.192. The van der Waals surface area contributed by atoms with Gasteiger partial charge in [-0.2, -0.15) is 0 Å². The lowest BCUT2D eigenvalue weighted by Gasteiger charge is -2.13. The summed E-state index contributed by atoms with van der Waals surface area (Å²) in [6.07, 6.45) is 1.68. The second-order valence-corrected chi connectivity index (χ2v) is 8.81. The van der Waals surface area contributed by atoms with E-state index in [-0.39, 0.29) is 19.0 Å². The fourth-order valence-electron chi connectivity index (χ4n) is 3.86. The molecular formula is C26H25NO4S. The maximum atomic E-state index is 12.9. The Morgan fingerprint density at radius 1 is 0.969 bits per heavy atom. The zero-order valence-electron chi connectivity index (χ0n) is 18.1. The van der Waals surface area contributed by atoms with E-state index >= 15 is 0 Å². The summed E-state index contributed by atoms with van der Waals surface area (Å²) in [4.78, 5) is 12.8. The molecule has 3 aromatic carbocycles. The molecule has 0 saturated heterocycles. The van der Waals surface area contributed by atoms with Gasteiger partial charge in [0.2, 0.25) is 5.03 Å². The van der Waals surface area contributed by atoms with Gasteiger partial charge in [-0.1, -0.05) is 60.7 Å². The number of hydrogen-bond donors (Lipinski definition) is 0. The predicted octanol–water partition coefficient (Wildman–Crippen LogP) is 4.72. The van der Waals surface area contributed by atoms with Crippen LogP contribution in [0.3, 0.4) is 0 Å². The summed E-state index contributed by atoms with van der Waals surface area (Å²) >= 11 is -1.31. The van der Waals surface area contributed by atoms with Crippen LogP contribution in [0.1, 0.15) is 16.7 Å². The molecule has 1 atom stereocenters. The fourth-order valence-corrected chi connectivity index (χ4v) is 4.87. The lowest BCUT2D eigenvalue weighted by atomic mass is 10.1. The Labute approximate surface area is 190 Å². The minimum Gasteiger partial charge on any atom is -0.610 e. The van der Waals surface area contributed by atoms with Crippen LogP contribution in [-0.2, 0) is 40.3 Å². The average Bonchev–Trinajstić information content (AvgIpc) is 3.11. The predicted molar refractivity (Wildman–Crippen MR) is 126 cm³/mol. The molecule has 5 nitrogen and oxygen atoms in total. The van der Waals surface area contributed by atoms with Crippen molar-refractivity contribution in [1.82, 2.24) is 4.57 Å². The molecule has 6 heteroatoms. The van der Waals surface area contributed by atoms with E-state index in [1.54, 1.807) is 13.4 Å². The molecule has 0 radical (unpaired) electrons. The number of methoxy groups -OCH3 is 1. The van der Waals surface area contributed by atoms with Gasteiger partial charge in [-0.05, 0) is 29.3 Å². The highest BCUT2D eigenvalue weighted by Gasteiger charge is 2.27. The lowest BCUT2D eigenvalue weighted by molar-refractivity contribution is -0.144. The van der Waals surface area contributed by atoms with E-state index in [1.165, 1.54) is 0 Å². The van der Waals surface area contributed by atoms with Crippen LogP contribution in [0.25, 0.3) is 10.9 Å². The highest BCUT2D eigenvalue weighted by Crippen LogP contribution is 2.33. The van der Waals surface area contributed by atoms with Gasteiger partial charge in [-0.3, -0.25) is 9.36 Å². The van der Waals surface area contributed by atoms with Crippen molar-refractivity contribution in [2.75, 3.05) is 13.4 Å². The van der Waals surface area contributed by atoms with Crippen LogP contribution < -0.4 is 4.74 Å². The molecule has 1 heterocycles. The molecule has 0 fully saturated rings. The van der Waals surface area contributed by atoms with Gasteiger partial charge in [0.15, 0.2) is 0 Å². The molecule has 164 valence electrons. The quantitative estimate of drug-likeness (QED) is 0.290. The standard InChI is InChI=1S/C26H25NO4S/c1-30-21-13-14-24-22(15-21)23(16-25(28)31-18-20-11-7-4-8-12-20)26(32(2)29)27(24)17-19-9-5-3-6-10-19/h3-15H,16-18H2,1-2H3. The molecule has 0 saturated carbocycles. The van der Waals surface area contributed by atoms with Crippen molar-refractivity contribution in [3.05, 3.63) is 95.6 Å². The van der Waals surface area contributed by atoms with Gasteiger partial charge in [-0.15, -0.1) is 0 Å². The molecular weight excluding hydrogens is 422 g/mol. The summed E-state index contributed by atoms with van der Waals surface area (Å²) in [5.74, 6) is 0.323. The van der Waals surface area contributed by atoms with E-state index in [9.17, 15) is 9.35 Å². The minimum absolute atomic E-state index is 0.0349. The monoisotopic (exact) mass is 447 g/mol. The molecule has 0 aliphatic heterocycles. The van der Waals surface area contributed by atoms with Crippen LogP contribution in [0.2, 0.25) is 0 Å². The summed E-state index contributed by atoms with van der Waals surface area (Å²) in [6, 6.07) is 25.3. The Morgan fingerprint density at radius 3 is 2.25 bits per heavy atom. The first-order valence-corrected chi connectivity index (χ1v) is 11.9. The molecule has 0 aliphatic carbocycles. The molecule has 4 rings (SSSR count). The highest BCUT2D eigenvalue weighted by molar-refractivity contribution is 7.90. The molecule has 4 aromatic rings. The number of carbonyl (C=O) groups is 1. The van der Waals surface area contributed by atoms with Crippen molar-refractivity contribution in [1.29, 1.82) is 0 Å². The smallest absolute Gasteiger partial charge is 0.310 e. The zero-order chi connectivity index (χ0) is 22.5. The second kappa shape index (κ2) is 9.94. The zero-order valence-corrected chi connectivity index (χ0v) is 18.9. The van der Waals surface area contributed by atoms with Gasteiger partial charge < -0.3 is 14.0 Å². The number of benzene rings is 3. The second-order valence-electron chi connectivity index (χ2n) is 7.52. The van der Waals surface area contributed by atoms with Crippen molar-refractivity contribution in [3.63, 3.8) is 0 Å². The normalized spacial score (nSPS) is 12.0. The van der Waals surface area contributed by atoms with E-state index in [4.69, 9.17) is 9.47 Å².